The molecule has 0 spiro atoms. The molecule has 1 aromatic carbocycles. The molecule has 1 aliphatic rings. The first-order valence-corrected chi connectivity index (χ1v) is 8.63. The Balaban J connectivity index is 1.52. The lowest BCUT2D eigenvalue weighted by atomic mass is 10.1. The summed E-state index contributed by atoms with van der Waals surface area (Å²) in [4.78, 5) is 30.6. The van der Waals surface area contributed by atoms with Crippen LogP contribution in [0.4, 0.5) is 0 Å². The summed E-state index contributed by atoms with van der Waals surface area (Å²) >= 11 is 0. The molecule has 3 rings (SSSR count). The first kappa shape index (κ1) is 17.1. The molecule has 2 heterocycles. The third-order valence-corrected chi connectivity index (χ3v) is 4.42. The molecular weight excluding hydrogens is 316 g/mol. The molecule has 0 saturated carbocycles. The summed E-state index contributed by atoms with van der Waals surface area (Å²) < 4.78 is 5.41. The largest absolute Gasteiger partial charge is 0.459 e. The minimum absolute atomic E-state index is 0.00279. The fourth-order valence-corrected chi connectivity index (χ4v) is 3.08. The van der Waals surface area contributed by atoms with Crippen molar-refractivity contribution in [3.63, 3.8) is 0 Å². The number of hydrogen-bond donors (Lipinski definition) is 0. The molecule has 0 unspecified atom stereocenters. The van der Waals surface area contributed by atoms with Crippen molar-refractivity contribution in [1.29, 1.82) is 0 Å². The standard InChI is InChI=1S/C20H22N2O3/c23-19(11-10-16-8-4-12-21-14-16)22-13-5-9-18(22)20(24)25-15-17-6-2-1-3-7-17/h1-4,6-8,12,14,18H,5,9-11,13,15H2/t18-/m0/s1. The number of rotatable bonds is 6. The van der Waals surface area contributed by atoms with Crippen LogP contribution in [0.3, 0.4) is 0 Å². The van der Waals surface area contributed by atoms with Crippen molar-refractivity contribution in [3.05, 3.63) is 66.0 Å². The van der Waals surface area contributed by atoms with Crippen molar-refractivity contribution >= 4 is 11.9 Å². The van der Waals surface area contributed by atoms with E-state index in [1.165, 1.54) is 0 Å². The molecule has 0 bridgehead atoms. The van der Waals surface area contributed by atoms with Crippen molar-refractivity contribution in [3.8, 4) is 0 Å². The van der Waals surface area contributed by atoms with Crippen LogP contribution in [-0.4, -0.2) is 34.3 Å². The number of ether oxygens (including phenoxy) is 1. The third-order valence-electron chi connectivity index (χ3n) is 4.42. The normalized spacial score (nSPS) is 16.6. The molecule has 0 radical (unpaired) electrons. The van der Waals surface area contributed by atoms with Gasteiger partial charge in [0.2, 0.25) is 5.91 Å². The summed E-state index contributed by atoms with van der Waals surface area (Å²) in [5, 5.41) is 0. The quantitative estimate of drug-likeness (QED) is 0.760. The Bertz CT molecular complexity index is 642. The van der Waals surface area contributed by atoms with Gasteiger partial charge in [-0.3, -0.25) is 9.78 Å². The van der Waals surface area contributed by atoms with Crippen LogP contribution in [0.2, 0.25) is 0 Å². The lowest BCUT2D eigenvalue weighted by Crippen LogP contribution is -2.41. The summed E-state index contributed by atoms with van der Waals surface area (Å²) in [5.41, 5.74) is 1.97. The number of likely N-dealkylation sites (tertiary alicyclic amines) is 1. The van der Waals surface area contributed by atoms with Crippen molar-refractivity contribution < 1.29 is 14.3 Å². The number of nitrogens with zero attached hydrogens (tertiary/aromatic N) is 2. The van der Waals surface area contributed by atoms with Gasteiger partial charge in [0, 0.05) is 25.4 Å². The molecule has 1 aromatic heterocycles. The second-order valence-electron chi connectivity index (χ2n) is 6.20. The molecular formula is C20H22N2O3. The van der Waals surface area contributed by atoms with Crippen molar-refractivity contribution in [2.75, 3.05) is 6.54 Å². The Kier molecular flexibility index (Phi) is 5.77. The summed E-state index contributed by atoms with van der Waals surface area (Å²) in [6.45, 7) is 0.866. The molecule has 1 aliphatic heterocycles. The van der Waals surface area contributed by atoms with Crippen LogP contribution in [0.5, 0.6) is 0 Å². The Morgan fingerprint density at radius 1 is 1.12 bits per heavy atom. The van der Waals surface area contributed by atoms with Gasteiger partial charge in [-0.05, 0) is 36.5 Å². The fraction of sp³-hybridized carbons (Fsp3) is 0.350. The van der Waals surface area contributed by atoms with Gasteiger partial charge in [0.15, 0.2) is 0 Å². The smallest absolute Gasteiger partial charge is 0.329 e. The number of esters is 1. The van der Waals surface area contributed by atoms with E-state index in [9.17, 15) is 9.59 Å². The van der Waals surface area contributed by atoms with Crippen LogP contribution in [0.15, 0.2) is 54.9 Å². The number of hydrogen-bond acceptors (Lipinski definition) is 4. The highest BCUT2D eigenvalue weighted by Gasteiger charge is 2.34. The average molecular weight is 338 g/mol. The maximum atomic E-state index is 12.5. The zero-order valence-electron chi connectivity index (χ0n) is 14.1. The average Bonchev–Trinajstić information content (AvgIpc) is 3.16. The number of aryl methyl sites for hydroxylation is 1. The summed E-state index contributed by atoms with van der Waals surface area (Å²) in [5.74, 6) is -0.306. The van der Waals surface area contributed by atoms with E-state index in [4.69, 9.17) is 4.74 Å². The third kappa shape index (κ3) is 4.66. The zero-order valence-corrected chi connectivity index (χ0v) is 14.1. The van der Waals surface area contributed by atoms with Crippen LogP contribution in [0.1, 0.15) is 30.4 Å². The second-order valence-corrected chi connectivity index (χ2v) is 6.20. The van der Waals surface area contributed by atoms with E-state index < -0.39 is 6.04 Å². The molecule has 1 saturated heterocycles. The molecule has 0 N–H and O–H groups in total. The van der Waals surface area contributed by atoms with Crippen LogP contribution < -0.4 is 0 Å². The molecule has 1 atom stereocenters. The summed E-state index contributed by atoms with van der Waals surface area (Å²) in [6.07, 6.45) is 6.01. The van der Waals surface area contributed by atoms with E-state index in [1.807, 2.05) is 42.5 Å². The number of carbonyl (C=O) groups excluding carboxylic acids is 2. The number of aromatic nitrogens is 1. The minimum Gasteiger partial charge on any atom is -0.459 e. The maximum absolute atomic E-state index is 12.5. The van der Waals surface area contributed by atoms with E-state index in [2.05, 4.69) is 4.98 Å². The minimum atomic E-state index is -0.454. The Morgan fingerprint density at radius 2 is 1.92 bits per heavy atom. The number of benzene rings is 1. The highest BCUT2D eigenvalue weighted by atomic mass is 16.5. The lowest BCUT2D eigenvalue weighted by Gasteiger charge is -2.23. The van der Waals surface area contributed by atoms with Gasteiger partial charge in [0.05, 0.1) is 0 Å². The number of amides is 1. The predicted molar refractivity (Wildman–Crippen MR) is 93.5 cm³/mol. The number of pyridine rings is 1. The monoisotopic (exact) mass is 338 g/mol. The highest BCUT2D eigenvalue weighted by molar-refractivity contribution is 5.85. The molecule has 5 nitrogen and oxygen atoms in total. The molecule has 1 amide bonds. The van der Waals surface area contributed by atoms with Crippen molar-refractivity contribution in [1.82, 2.24) is 9.88 Å². The van der Waals surface area contributed by atoms with Crippen LogP contribution in [0.25, 0.3) is 0 Å². The van der Waals surface area contributed by atoms with Gasteiger partial charge < -0.3 is 9.64 Å². The predicted octanol–water partition coefficient (Wildman–Crippen LogP) is 2.75. The van der Waals surface area contributed by atoms with Gasteiger partial charge in [0.1, 0.15) is 12.6 Å². The van der Waals surface area contributed by atoms with Gasteiger partial charge in [0.25, 0.3) is 0 Å². The van der Waals surface area contributed by atoms with E-state index >= 15 is 0 Å². The Morgan fingerprint density at radius 3 is 2.68 bits per heavy atom. The van der Waals surface area contributed by atoms with Crippen LogP contribution in [0, 0.1) is 0 Å². The molecule has 1 fully saturated rings. The van der Waals surface area contributed by atoms with Crippen LogP contribution in [-0.2, 0) is 27.4 Å². The van der Waals surface area contributed by atoms with Gasteiger partial charge in [-0.15, -0.1) is 0 Å². The molecule has 0 aliphatic carbocycles. The fourth-order valence-electron chi connectivity index (χ4n) is 3.08. The van der Waals surface area contributed by atoms with Gasteiger partial charge in [-0.1, -0.05) is 36.4 Å². The molecule has 5 heteroatoms. The van der Waals surface area contributed by atoms with Gasteiger partial charge in [-0.2, -0.15) is 0 Å². The Labute approximate surface area is 147 Å². The van der Waals surface area contributed by atoms with Gasteiger partial charge in [-0.25, -0.2) is 4.79 Å². The zero-order chi connectivity index (χ0) is 17.5. The first-order chi connectivity index (χ1) is 12.2. The van der Waals surface area contributed by atoms with Crippen molar-refractivity contribution in [2.24, 2.45) is 0 Å². The second kappa shape index (κ2) is 8.42. The summed E-state index contributed by atoms with van der Waals surface area (Å²) in [6, 6.07) is 12.9. The maximum Gasteiger partial charge on any atom is 0.329 e. The SMILES string of the molecule is O=C(OCc1ccccc1)[C@@H]1CCCN1C(=O)CCc1cccnc1. The van der Waals surface area contributed by atoms with E-state index in [1.54, 1.807) is 17.3 Å². The lowest BCUT2D eigenvalue weighted by molar-refractivity contribution is -0.154. The highest BCUT2D eigenvalue weighted by Crippen LogP contribution is 2.20. The van der Waals surface area contributed by atoms with E-state index in [-0.39, 0.29) is 18.5 Å². The molecule has 130 valence electrons. The van der Waals surface area contributed by atoms with E-state index in [0.29, 0.717) is 25.8 Å². The van der Waals surface area contributed by atoms with Crippen LogP contribution >= 0.6 is 0 Å². The summed E-state index contributed by atoms with van der Waals surface area (Å²) in [7, 11) is 0. The van der Waals surface area contributed by atoms with Gasteiger partial charge >= 0.3 is 5.97 Å². The topological polar surface area (TPSA) is 59.5 Å². The number of carbonyl (C=O) groups is 2. The Hall–Kier alpha value is -2.69. The first-order valence-electron chi connectivity index (χ1n) is 8.63. The molecule has 25 heavy (non-hydrogen) atoms. The molecule has 2 aromatic rings. The van der Waals surface area contributed by atoms with E-state index in [0.717, 1.165) is 17.5 Å². The van der Waals surface area contributed by atoms with Crippen molar-refractivity contribution in [2.45, 2.75) is 38.3 Å².